The Morgan fingerprint density at radius 3 is 2.37 bits per heavy atom. The van der Waals surface area contributed by atoms with E-state index >= 15 is 0 Å². The Kier molecular flexibility index (Phi) is 6.84. The third kappa shape index (κ3) is 5.01. The smallest absolute Gasteiger partial charge is 0.337 e. The van der Waals surface area contributed by atoms with Crippen LogP contribution in [0.4, 0.5) is 0 Å². The molecule has 0 spiro atoms. The zero-order valence-electron chi connectivity index (χ0n) is 16.9. The zero-order chi connectivity index (χ0) is 21.9. The number of carbonyl (C=O) groups excluding carboxylic acids is 1. The molecule has 3 rings (SSSR count). The second-order valence-corrected chi connectivity index (χ2v) is 9.62. The molecule has 1 saturated heterocycles. The molecule has 7 nitrogen and oxygen atoms in total. The predicted molar refractivity (Wildman–Crippen MR) is 111 cm³/mol. The van der Waals surface area contributed by atoms with Gasteiger partial charge in [0.2, 0.25) is 10.0 Å². The number of esters is 1. The molecule has 1 aliphatic heterocycles. The van der Waals surface area contributed by atoms with Gasteiger partial charge < -0.3 is 14.2 Å². The Morgan fingerprint density at radius 1 is 1.17 bits per heavy atom. The Balaban J connectivity index is 1.95. The van der Waals surface area contributed by atoms with Gasteiger partial charge in [-0.05, 0) is 43.7 Å². The minimum atomic E-state index is -3.90. The normalized spacial score (nSPS) is 21.4. The van der Waals surface area contributed by atoms with Crippen molar-refractivity contribution in [2.24, 2.45) is 0 Å². The van der Waals surface area contributed by atoms with Crippen molar-refractivity contribution in [3.8, 4) is 0 Å². The maximum absolute atomic E-state index is 13.4. The molecular weight excluding hydrogens is 430 g/mol. The molecule has 0 amide bonds. The molecule has 1 fully saturated rings. The van der Waals surface area contributed by atoms with Crippen LogP contribution in [-0.2, 0) is 30.8 Å². The lowest BCUT2D eigenvalue weighted by atomic mass is 10.1. The lowest BCUT2D eigenvalue weighted by molar-refractivity contribution is -0.271. The lowest BCUT2D eigenvalue weighted by Gasteiger charge is -2.42. The van der Waals surface area contributed by atoms with Crippen LogP contribution in [0.3, 0.4) is 0 Å². The van der Waals surface area contributed by atoms with Crippen LogP contribution in [0.1, 0.15) is 29.8 Å². The summed E-state index contributed by atoms with van der Waals surface area (Å²) >= 11 is 6.44. The van der Waals surface area contributed by atoms with Crippen molar-refractivity contribution in [1.82, 2.24) is 4.31 Å². The zero-order valence-corrected chi connectivity index (χ0v) is 18.5. The van der Waals surface area contributed by atoms with Crippen molar-refractivity contribution in [2.75, 3.05) is 13.7 Å². The molecule has 30 heavy (non-hydrogen) atoms. The highest BCUT2D eigenvalue weighted by molar-refractivity contribution is 7.89. The van der Waals surface area contributed by atoms with Crippen LogP contribution in [0.2, 0.25) is 0 Å². The van der Waals surface area contributed by atoms with Gasteiger partial charge in [0.05, 0.1) is 30.2 Å². The molecule has 0 radical (unpaired) electrons. The van der Waals surface area contributed by atoms with Crippen molar-refractivity contribution in [2.45, 2.75) is 42.7 Å². The molecule has 162 valence electrons. The summed E-state index contributed by atoms with van der Waals surface area (Å²) in [5.74, 6) is -1.37. The maximum Gasteiger partial charge on any atom is 0.337 e. The fourth-order valence-electron chi connectivity index (χ4n) is 3.11. The van der Waals surface area contributed by atoms with Gasteiger partial charge in [-0.2, -0.15) is 4.31 Å². The quantitative estimate of drug-likeness (QED) is 0.492. The second-order valence-electron chi connectivity index (χ2n) is 7.30. The van der Waals surface area contributed by atoms with E-state index in [0.29, 0.717) is 11.1 Å². The standard InChI is InChI=1S/C21H24ClNO6S/c1-21(2)28-14-18(19(22)29-21)23(30(25,26)17-7-5-4-6-8-17)13-15-9-11-16(12-10-15)20(24)27-3/h4-12,18-19H,13-14H2,1-3H3. The summed E-state index contributed by atoms with van der Waals surface area (Å²) in [6, 6.07) is 13.9. The van der Waals surface area contributed by atoms with E-state index in [1.807, 2.05) is 0 Å². The van der Waals surface area contributed by atoms with E-state index in [2.05, 4.69) is 0 Å². The van der Waals surface area contributed by atoms with E-state index in [0.717, 1.165) is 0 Å². The van der Waals surface area contributed by atoms with Crippen molar-refractivity contribution >= 4 is 27.6 Å². The summed E-state index contributed by atoms with van der Waals surface area (Å²) in [7, 11) is -2.60. The number of sulfonamides is 1. The Bertz CT molecular complexity index is 978. The van der Waals surface area contributed by atoms with Gasteiger partial charge in [-0.15, -0.1) is 0 Å². The first-order chi connectivity index (χ1) is 14.1. The Morgan fingerprint density at radius 2 is 1.80 bits per heavy atom. The van der Waals surface area contributed by atoms with Gasteiger partial charge in [0.25, 0.3) is 0 Å². The topological polar surface area (TPSA) is 82.1 Å². The first-order valence-corrected chi connectivity index (χ1v) is 11.2. The summed E-state index contributed by atoms with van der Waals surface area (Å²) in [5, 5.41) is 0. The van der Waals surface area contributed by atoms with Crippen molar-refractivity contribution < 1.29 is 27.4 Å². The second kappa shape index (κ2) is 9.03. The largest absolute Gasteiger partial charge is 0.465 e. The van der Waals surface area contributed by atoms with Gasteiger partial charge in [0.15, 0.2) is 11.4 Å². The SMILES string of the molecule is COC(=O)c1ccc(CN(C2COC(C)(C)OC2Cl)S(=O)(=O)c2ccccc2)cc1. The van der Waals surface area contributed by atoms with E-state index in [1.165, 1.54) is 23.5 Å². The fraction of sp³-hybridized carbons (Fsp3) is 0.381. The Hall–Kier alpha value is -1.97. The van der Waals surface area contributed by atoms with E-state index in [1.54, 1.807) is 56.3 Å². The maximum atomic E-state index is 13.4. The molecule has 2 aromatic carbocycles. The number of ether oxygens (including phenoxy) is 3. The summed E-state index contributed by atoms with van der Waals surface area (Å²) in [6.07, 6.45) is 0. The fourth-order valence-corrected chi connectivity index (χ4v) is 5.22. The molecular formula is C21H24ClNO6S. The highest BCUT2D eigenvalue weighted by Crippen LogP contribution is 2.32. The lowest BCUT2D eigenvalue weighted by Crippen LogP contribution is -2.55. The average molecular weight is 454 g/mol. The van der Waals surface area contributed by atoms with Crippen LogP contribution >= 0.6 is 11.6 Å². The van der Waals surface area contributed by atoms with Crippen molar-refractivity contribution in [3.63, 3.8) is 0 Å². The predicted octanol–water partition coefficient (Wildman–Crippen LogP) is 3.38. The minimum Gasteiger partial charge on any atom is -0.465 e. The number of alkyl halides is 1. The van der Waals surface area contributed by atoms with Gasteiger partial charge in [0, 0.05) is 6.54 Å². The molecule has 0 bridgehead atoms. The van der Waals surface area contributed by atoms with E-state index in [4.69, 9.17) is 25.8 Å². The van der Waals surface area contributed by atoms with Gasteiger partial charge in [-0.1, -0.05) is 41.9 Å². The number of halogens is 1. The van der Waals surface area contributed by atoms with Gasteiger partial charge in [0.1, 0.15) is 0 Å². The van der Waals surface area contributed by atoms with Crippen LogP contribution in [0.5, 0.6) is 0 Å². The van der Waals surface area contributed by atoms with Gasteiger partial charge in [-0.3, -0.25) is 0 Å². The number of hydrogen-bond donors (Lipinski definition) is 0. The van der Waals surface area contributed by atoms with Gasteiger partial charge >= 0.3 is 5.97 Å². The molecule has 1 aliphatic rings. The molecule has 1 heterocycles. The molecule has 2 atom stereocenters. The molecule has 0 N–H and O–H groups in total. The number of nitrogens with zero attached hydrogens (tertiary/aromatic N) is 1. The van der Waals surface area contributed by atoms with E-state index in [9.17, 15) is 13.2 Å². The van der Waals surface area contributed by atoms with Crippen LogP contribution in [-0.4, -0.2) is 49.8 Å². The number of carbonyl (C=O) groups is 1. The third-order valence-corrected chi connectivity index (χ3v) is 7.00. The molecule has 9 heteroatoms. The molecule has 0 aromatic heterocycles. The average Bonchev–Trinajstić information content (AvgIpc) is 2.72. The summed E-state index contributed by atoms with van der Waals surface area (Å²) in [4.78, 5) is 11.8. The number of rotatable bonds is 6. The molecule has 0 aliphatic carbocycles. The number of benzene rings is 2. The highest BCUT2D eigenvalue weighted by Gasteiger charge is 2.43. The Labute approximate surface area is 181 Å². The number of methoxy groups -OCH3 is 1. The summed E-state index contributed by atoms with van der Waals surface area (Å²) in [5.41, 5.74) is 0.150. The van der Waals surface area contributed by atoms with E-state index in [-0.39, 0.29) is 18.0 Å². The third-order valence-electron chi connectivity index (χ3n) is 4.73. The van der Waals surface area contributed by atoms with Crippen molar-refractivity contribution in [3.05, 3.63) is 65.7 Å². The molecule has 2 unspecified atom stereocenters. The van der Waals surface area contributed by atoms with Crippen molar-refractivity contribution in [1.29, 1.82) is 0 Å². The molecule has 0 saturated carbocycles. The highest BCUT2D eigenvalue weighted by atomic mass is 35.5. The first-order valence-electron chi connectivity index (χ1n) is 9.34. The minimum absolute atomic E-state index is 0.0275. The number of hydrogen-bond acceptors (Lipinski definition) is 6. The van der Waals surface area contributed by atoms with Crippen LogP contribution < -0.4 is 0 Å². The van der Waals surface area contributed by atoms with Crippen LogP contribution in [0.25, 0.3) is 0 Å². The van der Waals surface area contributed by atoms with Gasteiger partial charge in [-0.25, -0.2) is 13.2 Å². The van der Waals surface area contributed by atoms with Crippen LogP contribution in [0, 0.1) is 0 Å². The summed E-state index contributed by atoms with van der Waals surface area (Å²) in [6.45, 7) is 3.55. The molecule has 2 aromatic rings. The summed E-state index contributed by atoms with van der Waals surface area (Å²) < 4.78 is 44.2. The monoisotopic (exact) mass is 453 g/mol. The van der Waals surface area contributed by atoms with E-state index < -0.39 is 33.4 Å². The first kappa shape index (κ1) is 22.7. The van der Waals surface area contributed by atoms with Crippen LogP contribution in [0.15, 0.2) is 59.5 Å².